The zero-order chi connectivity index (χ0) is 17.6. The highest BCUT2D eigenvalue weighted by molar-refractivity contribution is 5.94. The van der Waals surface area contributed by atoms with Gasteiger partial charge in [-0.15, -0.1) is 0 Å². The van der Waals surface area contributed by atoms with E-state index in [1.807, 2.05) is 4.90 Å². The van der Waals surface area contributed by atoms with Gasteiger partial charge in [-0.05, 0) is 43.7 Å². The number of hydrogen-bond acceptors (Lipinski definition) is 3. The molecule has 0 N–H and O–H groups in total. The summed E-state index contributed by atoms with van der Waals surface area (Å²) in [5.41, 5.74) is 0.0166. The molecule has 3 fully saturated rings. The largest absolute Gasteiger partial charge is 0.342 e. The van der Waals surface area contributed by atoms with Crippen LogP contribution < -0.4 is 5.56 Å². The Kier molecular flexibility index (Phi) is 3.93. The van der Waals surface area contributed by atoms with Gasteiger partial charge in [0, 0.05) is 51.3 Å². The molecule has 1 aliphatic carbocycles. The number of rotatable bonds is 3. The van der Waals surface area contributed by atoms with E-state index in [9.17, 15) is 14.4 Å². The molecule has 1 saturated carbocycles. The fourth-order valence-electron chi connectivity index (χ4n) is 4.21. The number of carbonyl (C=O) groups is 2. The Morgan fingerprint density at radius 3 is 2.64 bits per heavy atom. The van der Waals surface area contributed by atoms with Crippen molar-refractivity contribution in [3.63, 3.8) is 0 Å². The maximum atomic E-state index is 12.7. The van der Waals surface area contributed by atoms with Crippen molar-refractivity contribution in [1.82, 2.24) is 14.4 Å². The van der Waals surface area contributed by atoms with Crippen LogP contribution in [0.3, 0.4) is 0 Å². The Hall–Kier alpha value is -2.11. The summed E-state index contributed by atoms with van der Waals surface area (Å²) in [6.07, 6.45) is 6.48. The van der Waals surface area contributed by atoms with E-state index in [4.69, 9.17) is 0 Å². The van der Waals surface area contributed by atoms with Crippen LogP contribution in [0.2, 0.25) is 0 Å². The lowest BCUT2D eigenvalue weighted by atomic mass is 9.77. The van der Waals surface area contributed by atoms with E-state index >= 15 is 0 Å². The van der Waals surface area contributed by atoms with Crippen LogP contribution in [0.15, 0.2) is 23.1 Å². The molecule has 2 amide bonds. The van der Waals surface area contributed by atoms with Crippen LogP contribution in [0.1, 0.15) is 42.5 Å². The minimum absolute atomic E-state index is 0.0321. The van der Waals surface area contributed by atoms with Gasteiger partial charge in [-0.25, -0.2) is 0 Å². The van der Waals surface area contributed by atoms with Gasteiger partial charge in [-0.2, -0.15) is 0 Å². The lowest BCUT2D eigenvalue weighted by Gasteiger charge is -2.38. The number of nitrogens with zero attached hydrogens (tertiary/aromatic N) is 3. The first-order valence-corrected chi connectivity index (χ1v) is 9.20. The van der Waals surface area contributed by atoms with Gasteiger partial charge >= 0.3 is 0 Å². The number of pyridine rings is 1. The first-order chi connectivity index (χ1) is 12.0. The van der Waals surface area contributed by atoms with E-state index in [-0.39, 0.29) is 28.4 Å². The van der Waals surface area contributed by atoms with Gasteiger partial charge in [0.15, 0.2) is 0 Å². The molecule has 3 heterocycles. The number of piperidine rings is 1. The summed E-state index contributed by atoms with van der Waals surface area (Å²) >= 11 is 0. The zero-order valence-corrected chi connectivity index (χ0v) is 14.7. The summed E-state index contributed by atoms with van der Waals surface area (Å²) in [6.45, 7) is 3.02. The van der Waals surface area contributed by atoms with Gasteiger partial charge in [0.05, 0.1) is 0 Å². The molecular formula is C19H25N3O3. The molecule has 4 rings (SSSR count). The molecule has 2 saturated heterocycles. The lowest BCUT2D eigenvalue weighted by Crippen LogP contribution is -2.45. The maximum absolute atomic E-state index is 12.7. The van der Waals surface area contributed by atoms with E-state index in [1.54, 1.807) is 30.3 Å². The van der Waals surface area contributed by atoms with Crippen LogP contribution in [0.4, 0.5) is 0 Å². The van der Waals surface area contributed by atoms with E-state index in [0.717, 1.165) is 31.8 Å². The van der Waals surface area contributed by atoms with Crippen molar-refractivity contribution in [1.29, 1.82) is 0 Å². The summed E-state index contributed by atoms with van der Waals surface area (Å²) in [4.78, 5) is 41.0. The van der Waals surface area contributed by atoms with Crippen molar-refractivity contribution in [2.45, 2.75) is 32.1 Å². The van der Waals surface area contributed by atoms with Crippen LogP contribution >= 0.6 is 0 Å². The van der Waals surface area contributed by atoms with E-state index in [0.29, 0.717) is 19.5 Å². The fraction of sp³-hybridized carbons (Fsp3) is 0.632. The molecule has 0 aromatic carbocycles. The monoisotopic (exact) mass is 343 g/mol. The summed E-state index contributed by atoms with van der Waals surface area (Å²) < 4.78 is 1.43. The molecule has 1 aromatic rings. The van der Waals surface area contributed by atoms with Crippen molar-refractivity contribution in [3.05, 3.63) is 34.2 Å². The molecule has 0 radical (unpaired) electrons. The highest BCUT2D eigenvalue weighted by Gasteiger charge is 2.46. The SMILES string of the molecule is Cn1cccc(C(=O)N2CCC3(CC2)CC(=O)N(CC2CC2)C3)c1=O. The second-order valence-corrected chi connectivity index (χ2v) is 8.02. The highest BCUT2D eigenvalue weighted by Crippen LogP contribution is 2.42. The third-order valence-electron chi connectivity index (χ3n) is 6.05. The topological polar surface area (TPSA) is 62.6 Å². The number of hydrogen-bond donors (Lipinski definition) is 0. The standard InChI is InChI=1S/C19H25N3O3/c1-20-8-2-3-15(17(20)24)18(25)21-9-6-19(7-10-21)11-16(23)22(13-19)12-14-4-5-14/h2-3,8,14H,4-7,9-13H2,1H3. The number of likely N-dealkylation sites (tertiary alicyclic amines) is 2. The summed E-state index contributed by atoms with van der Waals surface area (Å²) in [5, 5.41) is 0. The molecule has 3 aliphatic rings. The van der Waals surface area contributed by atoms with Crippen LogP contribution in [-0.2, 0) is 11.8 Å². The third kappa shape index (κ3) is 3.10. The quantitative estimate of drug-likeness (QED) is 0.830. The van der Waals surface area contributed by atoms with E-state index < -0.39 is 0 Å². The van der Waals surface area contributed by atoms with Gasteiger partial charge in [0.2, 0.25) is 5.91 Å². The molecule has 1 aromatic heterocycles. The van der Waals surface area contributed by atoms with E-state index in [1.165, 1.54) is 17.4 Å². The number of carbonyl (C=O) groups excluding carboxylic acids is 2. The summed E-state index contributed by atoms with van der Waals surface area (Å²) in [6, 6.07) is 3.33. The predicted octanol–water partition coefficient (Wildman–Crippen LogP) is 1.25. The van der Waals surface area contributed by atoms with Gasteiger partial charge in [-0.3, -0.25) is 14.4 Å². The number of aryl methyl sites for hydroxylation is 1. The van der Waals surface area contributed by atoms with Crippen molar-refractivity contribution in [2.75, 3.05) is 26.2 Å². The molecule has 0 unspecified atom stereocenters. The van der Waals surface area contributed by atoms with Crippen LogP contribution in [0.25, 0.3) is 0 Å². The first-order valence-electron chi connectivity index (χ1n) is 9.20. The van der Waals surface area contributed by atoms with Crippen molar-refractivity contribution < 1.29 is 9.59 Å². The number of aromatic nitrogens is 1. The maximum Gasteiger partial charge on any atom is 0.263 e. The molecule has 134 valence electrons. The predicted molar refractivity (Wildman–Crippen MR) is 93.2 cm³/mol. The Morgan fingerprint density at radius 1 is 1.24 bits per heavy atom. The van der Waals surface area contributed by atoms with Crippen molar-refractivity contribution in [2.24, 2.45) is 18.4 Å². The Labute approximate surface area is 147 Å². The molecule has 1 spiro atoms. The first kappa shape index (κ1) is 16.4. The normalized spacial score (nSPS) is 22.7. The van der Waals surface area contributed by atoms with Crippen LogP contribution in [0, 0.1) is 11.3 Å². The molecular weight excluding hydrogens is 318 g/mol. The zero-order valence-electron chi connectivity index (χ0n) is 14.7. The second kappa shape index (κ2) is 6.00. The minimum Gasteiger partial charge on any atom is -0.342 e. The summed E-state index contributed by atoms with van der Waals surface area (Å²) in [7, 11) is 1.66. The Bertz CT molecular complexity index is 757. The van der Waals surface area contributed by atoms with Crippen molar-refractivity contribution >= 4 is 11.8 Å². The number of amides is 2. The van der Waals surface area contributed by atoms with Gasteiger partial charge < -0.3 is 14.4 Å². The van der Waals surface area contributed by atoms with Crippen molar-refractivity contribution in [3.8, 4) is 0 Å². The van der Waals surface area contributed by atoms with Crippen LogP contribution in [0.5, 0.6) is 0 Å². The molecule has 6 heteroatoms. The smallest absolute Gasteiger partial charge is 0.263 e. The highest BCUT2D eigenvalue weighted by atomic mass is 16.2. The summed E-state index contributed by atoms with van der Waals surface area (Å²) in [5.74, 6) is 0.814. The van der Waals surface area contributed by atoms with Gasteiger partial charge in [0.1, 0.15) is 5.56 Å². The van der Waals surface area contributed by atoms with Gasteiger partial charge in [-0.1, -0.05) is 0 Å². The minimum atomic E-state index is -0.251. The molecule has 0 atom stereocenters. The molecule has 2 aliphatic heterocycles. The van der Waals surface area contributed by atoms with E-state index in [2.05, 4.69) is 0 Å². The Morgan fingerprint density at radius 2 is 1.96 bits per heavy atom. The molecule has 0 bridgehead atoms. The molecule has 6 nitrogen and oxygen atoms in total. The van der Waals surface area contributed by atoms with Gasteiger partial charge in [0.25, 0.3) is 11.5 Å². The fourth-order valence-corrected chi connectivity index (χ4v) is 4.21. The average molecular weight is 343 g/mol. The lowest BCUT2D eigenvalue weighted by molar-refractivity contribution is -0.128. The second-order valence-electron chi connectivity index (χ2n) is 8.02. The molecule has 25 heavy (non-hydrogen) atoms. The third-order valence-corrected chi connectivity index (χ3v) is 6.05. The van der Waals surface area contributed by atoms with Crippen LogP contribution in [-0.4, -0.2) is 52.4 Å². The Balaban J connectivity index is 1.41. The average Bonchev–Trinajstić information content (AvgIpc) is 3.35.